The molecule has 0 saturated carbocycles. The molecule has 2 unspecified atom stereocenters. The zero-order valence-corrected chi connectivity index (χ0v) is 25.8. The molecule has 0 fully saturated rings. The lowest BCUT2D eigenvalue weighted by atomic mass is 9.93. The second kappa shape index (κ2) is 15.3. The van der Waals surface area contributed by atoms with E-state index in [0.717, 1.165) is 27.8 Å². The molecule has 40 heavy (non-hydrogen) atoms. The van der Waals surface area contributed by atoms with Crippen LogP contribution < -0.4 is 14.9 Å². The lowest BCUT2D eigenvalue weighted by Gasteiger charge is -2.25. The first-order valence-electron chi connectivity index (χ1n) is 13.7. The fraction of sp³-hybridized carbons (Fsp3) is 0.533. The van der Waals surface area contributed by atoms with Crippen LogP contribution in [-0.4, -0.2) is 55.1 Å². The fourth-order valence-electron chi connectivity index (χ4n) is 4.16. The van der Waals surface area contributed by atoms with Crippen LogP contribution in [0.5, 0.6) is 11.5 Å². The number of carbonyl (C=O) groups is 2. The molecule has 0 aromatic heterocycles. The molecule has 0 saturated heterocycles. The summed E-state index contributed by atoms with van der Waals surface area (Å²) in [6.45, 7) is 14.9. The SMILES string of the molecule is Cc1cc(OCP(=O)(NCC(=O)OC(C)C)NC(C=O)COC(C)C)cc(C)c1Cc1ccc(O)c(C(C)C)c1. The minimum Gasteiger partial charge on any atom is -0.508 e. The van der Waals surface area contributed by atoms with Crippen molar-refractivity contribution in [3.63, 3.8) is 0 Å². The van der Waals surface area contributed by atoms with Crippen LogP contribution in [0, 0.1) is 13.8 Å². The number of aldehydes is 1. The largest absolute Gasteiger partial charge is 0.508 e. The first-order chi connectivity index (χ1) is 18.7. The van der Waals surface area contributed by atoms with Gasteiger partial charge in [0.1, 0.15) is 24.3 Å². The van der Waals surface area contributed by atoms with Gasteiger partial charge in [-0.05, 0) is 99.9 Å². The second-order valence-electron chi connectivity index (χ2n) is 10.9. The topological polar surface area (TPSA) is 123 Å². The van der Waals surface area contributed by atoms with Gasteiger partial charge in [0.05, 0.1) is 24.9 Å². The summed E-state index contributed by atoms with van der Waals surface area (Å²) in [6.07, 6.45) is 0.580. The van der Waals surface area contributed by atoms with E-state index < -0.39 is 19.5 Å². The molecule has 0 bridgehead atoms. The number of aryl methyl sites for hydroxylation is 2. The Labute approximate surface area is 238 Å². The van der Waals surface area contributed by atoms with Crippen molar-refractivity contribution in [2.45, 2.75) is 86.0 Å². The maximum atomic E-state index is 13.8. The Bertz CT molecular complexity index is 1170. The predicted octanol–water partition coefficient (Wildman–Crippen LogP) is 5.38. The van der Waals surface area contributed by atoms with Crippen molar-refractivity contribution in [2.75, 3.05) is 19.5 Å². The molecule has 0 heterocycles. The van der Waals surface area contributed by atoms with E-state index >= 15 is 0 Å². The first-order valence-corrected chi connectivity index (χ1v) is 15.5. The van der Waals surface area contributed by atoms with Crippen LogP contribution in [0.1, 0.15) is 75.3 Å². The molecule has 0 spiro atoms. The molecule has 222 valence electrons. The van der Waals surface area contributed by atoms with E-state index in [2.05, 4.69) is 10.2 Å². The average Bonchev–Trinajstić information content (AvgIpc) is 2.86. The summed E-state index contributed by atoms with van der Waals surface area (Å²) < 4.78 is 30.4. The number of ether oxygens (including phenoxy) is 3. The van der Waals surface area contributed by atoms with Crippen molar-refractivity contribution in [3.05, 3.63) is 58.1 Å². The van der Waals surface area contributed by atoms with E-state index in [1.807, 2.05) is 65.8 Å². The molecule has 9 nitrogen and oxygen atoms in total. The van der Waals surface area contributed by atoms with Gasteiger partial charge in [-0.15, -0.1) is 0 Å². The summed E-state index contributed by atoms with van der Waals surface area (Å²) in [5.41, 5.74) is 5.14. The second-order valence-corrected chi connectivity index (χ2v) is 13.2. The number of carbonyl (C=O) groups excluding carboxylic acids is 2. The Kier molecular flexibility index (Phi) is 12.8. The predicted molar refractivity (Wildman–Crippen MR) is 157 cm³/mol. The lowest BCUT2D eigenvalue weighted by molar-refractivity contribution is -0.145. The molecule has 2 atom stereocenters. The lowest BCUT2D eigenvalue weighted by Crippen LogP contribution is -2.40. The minimum absolute atomic E-state index is 0.0198. The van der Waals surface area contributed by atoms with Crippen molar-refractivity contribution in [1.29, 1.82) is 0 Å². The smallest absolute Gasteiger partial charge is 0.320 e. The molecular weight excluding hydrogens is 531 g/mol. The van der Waals surface area contributed by atoms with Gasteiger partial charge in [0.15, 0.2) is 6.35 Å². The van der Waals surface area contributed by atoms with Crippen molar-refractivity contribution in [2.24, 2.45) is 0 Å². The Morgan fingerprint density at radius 1 is 1.02 bits per heavy atom. The number of hydrogen-bond donors (Lipinski definition) is 3. The van der Waals surface area contributed by atoms with Crippen LogP contribution >= 0.6 is 7.44 Å². The number of nitrogens with one attached hydrogen (secondary N) is 2. The molecule has 2 aromatic carbocycles. The van der Waals surface area contributed by atoms with Gasteiger partial charge in [0.2, 0.25) is 7.44 Å². The van der Waals surface area contributed by atoms with Gasteiger partial charge in [-0.2, -0.15) is 0 Å². The molecule has 10 heteroatoms. The van der Waals surface area contributed by atoms with Gasteiger partial charge in [-0.1, -0.05) is 26.0 Å². The number of phenols is 1. The van der Waals surface area contributed by atoms with Crippen LogP contribution in [0.15, 0.2) is 30.3 Å². The Hall–Kier alpha value is -2.71. The number of benzene rings is 2. The average molecular weight is 577 g/mol. The first kappa shape index (κ1) is 33.5. The van der Waals surface area contributed by atoms with E-state index in [4.69, 9.17) is 14.2 Å². The zero-order chi connectivity index (χ0) is 30.0. The summed E-state index contributed by atoms with van der Waals surface area (Å²) in [6, 6.07) is 8.59. The Morgan fingerprint density at radius 3 is 2.23 bits per heavy atom. The molecule has 0 aliphatic rings. The van der Waals surface area contributed by atoms with Gasteiger partial charge >= 0.3 is 5.97 Å². The number of rotatable bonds is 16. The highest BCUT2D eigenvalue weighted by atomic mass is 31.2. The molecule has 0 amide bonds. The zero-order valence-electron chi connectivity index (χ0n) is 24.9. The standard InChI is InChI=1S/C30H45N2O7P/c1-19(2)27-13-24(9-10-29(27)34)14-28-22(7)11-26(12-23(28)8)38-18-40(36,31-15-30(35)39-21(5)6)32-25(16-33)17-37-20(3)4/h9-13,16,19-21,25,34H,14-15,17-18H2,1-8H3,(H2,31,32,36). The summed E-state index contributed by atoms with van der Waals surface area (Å²) in [4.78, 5) is 23.8. The van der Waals surface area contributed by atoms with E-state index in [-0.39, 0.29) is 37.6 Å². The van der Waals surface area contributed by atoms with E-state index in [1.165, 1.54) is 0 Å². The minimum atomic E-state index is -3.59. The normalized spacial score (nSPS) is 13.9. The third-order valence-electron chi connectivity index (χ3n) is 6.17. The van der Waals surface area contributed by atoms with Crippen LogP contribution in [0.4, 0.5) is 0 Å². The van der Waals surface area contributed by atoms with Gasteiger partial charge < -0.3 is 24.1 Å². The van der Waals surface area contributed by atoms with Gasteiger partial charge in [0.25, 0.3) is 0 Å². The molecule has 0 aliphatic carbocycles. The number of aromatic hydroxyl groups is 1. The maximum absolute atomic E-state index is 13.8. The van der Waals surface area contributed by atoms with Crippen LogP contribution in [0.2, 0.25) is 0 Å². The van der Waals surface area contributed by atoms with E-state index in [0.29, 0.717) is 24.2 Å². The van der Waals surface area contributed by atoms with Gasteiger partial charge in [-0.3, -0.25) is 9.36 Å². The van der Waals surface area contributed by atoms with Crippen molar-refractivity contribution in [1.82, 2.24) is 10.2 Å². The number of esters is 1. The van der Waals surface area contributed by atoms with Crippen LogP contribution in [0.25, 0.3) is 0 Å². The summed E-state index contributed by atoms with van der Waals surface area (Å²) >= 11 is 0. The van der Waals surface area contributed by atoms with E-state index in [1.54, 1.807) is 19.9 Å². The Balaban J connectivity index is 2.21. The molecule has 2 aromatic rings. The quantitative estimate of drug-likeness (QED) is 0.137. The third-order valence-corrected chi connectivity index (χ3v) is 8.08. The maximum Gasteiger partial charge on any atom is 0.320 e. The molecule has 0 radical (unpaired) electrons. The highest BCUT2D eigenvalue weighted by molar-refractivity contribution is 7.59. The van der Waals surface area contributed by atoms with Crippen molar-refractivity contribution < 1.29 is 33.5 Å². The van der Waals surface area contributed by atoms with Crippen molar-refractivity contribution in [3.8, 4) is 11.5 Å². The monoisotopic (exact) mass is 576 g/mol. The Morgan fingerprint density at radius 2 is 1.68 bits per heavy atom. The molecular formula is C30H45N2O7P. The fourth-order valence-corrected chi connectivity index (χ4v) is 5.80. The van der Waals surface area contributed by atoms with Gasteiger partial charge in [0, 0.05) is 0 Å². The third kappa shape index (κ3) is 10.7. The molecule has 3 N–H and O–H groups in total. The summed E-state index contributed by atoms with van der Waals surface area (Å²) in [5, 5.41) is 15.7. The number of phenolic OH excluding ortho intramolecular Hbond substituents is 1. The van der Waals surface area contributed by atoms with Crippen molar-refractivity contribution >= 4 is 19.7 Å². The summed E-state index contributed by atoms with van der Waals surface area (Å²) in [7, 11) is -3.59. The van der Waals surface area contributed by atoms with E-state index in [9.17, 15) is 19.3 Å². The van der Waals surface area contributed by atoms with Crippen LogP contribution in [-0.2, 0) is 30.0 Å². The highest BCUT2D eigenvalue weighted by Crippen LogP contribution is 2.37. The van der Waals surface area contributed by atoms with Gasteiger partial charge in [-0.25, -0.2) is 10.2 Å². The summed E-state index contributed by atoms with van der Waals surface area (Å²) in [5.74, 6) is 0.456. The highest BCUT2D eigenvalue weighted by Gasteiger charge is 2.28. The van der Waals surface area contributed by atoms with Crippen LogP contribution in [0.3, 0.4) is 0 Å². The number of hydrogen-bond acceptors (Lipinski definition) is 7. The molecule has 2 rings (SSSR count). The molecule has 0 aliphatic heterocycles.